The predicted molar refractivity (Wildman–Crippen MR) is 69.9 cm³/mol. The highest BCUT2D eigenvalue weighted by molar-refractivity contribution is 7.89. The standard InChI is InChI=1S/C10H20N4O4S/c1-10(15,4-5-18-3)6-13-19(16,17)9-8(11)12-7-14(9)2/h7,13,15H,4-6,11H2,1-3H3. The van der Waals surface area contributed by atoms with E-state index in [1.54, 1.807) is 0 Å². The molecule has 1 unspecified atom stereocenters. The Labute approximate surface area is 112 Å². The van der Waals surface area contributed by atoms with Crippen LogP contribution in [0.3, 0.4) is 0 Å². The van der Waals surface area contributed by atoms with E-state index in [0.29, 0.717) is 13.0 Å². The van der Waals surface area contributed by atoms with Gasteiger partial charge in [0.1, 0.15) is 0 Å². The Hall–Kier alpha value is -1.16. The molecule has 0 fully saturated rings. The van der Waals surface area contributed by atoms with Crippen LogP contribution < -0.4 is 10.5 Å². The molecular weight excluding hydrogens is 272 g/mol. The summed E-state index contributed by atoms with van der Waals surface area (Å²) in [5, 5.41) is 9.87. The van der Waals surface area contributed by atoms with Crippen molar-refractivity contribution in [2.75, 3.05) is 26.0 Å². The van der Waals surface area contributed by atoms with Gasteiger partial charge in [0.25, 0.3) is 10.0 Å². The van der Waals surface area contributed by atoms with E-state index in [4.69, 9.17) is 10.5 Å². The van der Waals surface area contributed by atoms with Gasteiger partial charge in [-0.1, -0.05) is 0 Å². The number of hydrogen-bond acceptors (Lipinski definition) is 6. The summed E-state index contributed by atoms with van der Waals surface area (Å²) in [5.74, 6) is -0.0773. The van der Waals surface area contributed by atoms with Crippen LogP contribution in [0.25, 0.3) is 0 Å². The van der Waals surface area contributed by atoms with Crippen LogP contribution >= 0.6 is 0 Å². The summed E-state index contributed by atoms with van der Waals surface area (Å²) in [6.45, 7) is 1.73. The van der Waals surface area contributed by atoms with E-state index in [2.05, 4.69) is 9.71 Å². The number of hydrogen-bond donors (Lipinski definition) is 3. The van der Waals surface area contributed by atoms with Crippen LogP contribution in [0.5, 0.6) is 0 Å². The molecule has 0 radical (unpaired) electrons. The Morgan fingerprint density at radius 2 is 2.26 bits per heavy atom. The quantitative estimate of drug-likeness (QED) is 0.597. The number of anilines is 1. The number of nitrogen functional groups attached to an aromatic ring is 1. The summed E-state index contributed by atoms with van der Waals surface area (Å²) in [7, 11) is -0.773. The molecule has 1 rings (SSSR count). The van der Waals surface area contributed by atoms with E-state index in [0.717, 1.165) is 0 Å². The van der Waals surface area contributed by atoms with Gasteiger partial charge in [-0.25, -0.2) is 18.1 Å². The number of nitrogens with one attached hydrogen (secondary N) is 1. The molecule has 1 heterocycles. The average Bonchev–Trinajstić information content (AvgIpc) is 2.65. The van der Waals surface area contributed by atoms with Crippen molar-refractivity contribution in [2.45, 2.75) is 24.0 Å². The lowest BCUT2D eigenvalue weighted by Crippen LogP contribution is -2.41. The molecule has 1 aromatic rings. The minimum absolute atomic E-state index is 0.0773. The second-order valence-corrected chi connectivity index (χ2v) is 6.29. The predicted octanol–water partition coefficient (Wildman–Crippen LogP) is -0.932. The number of nitrogens with zero attached hydrogens (tertiary/aromatic N) is 2. The number of methoxy groups -OCH3 is 1. The molecule has 9 heteroatoms. The first-order valence-corrected chi connectivity index (χ1v) is 7.16. The molecule has 0 aliphatic heterocycles. The molecule has 1 aromatic heterocycles. The first-order chi connectivity index (χ1) is 8.69. The summed E-state index contributed by atoms with van der Waals surface area (Å²) in [6.07, 6.45) is 1.62. The highest BCUT2D eigenvalue weighted by atomic mass is 32.2. The Kier molecular flexibility index (Phi) is 4.91. The lowest BCUT2D eigenvalue weighted by Gasteiger charge is -2.23. The fraction of sp³-hybridized carbons (Fsp3) is 0.700. The Morgan fingerprint density at radius 1 is 1.63 bits per heavy atom. The van der Waals surface area contributed by atoms with Crippen molar-refractivity contribution >= 4 is 15.8 Å². The van der Waals surface area contributed by atoms with Gasteiger partial charge in [0, 0.05) is 33.7 Å². The van der Waals surface area contributed by atoms with Crippen LogP contribution in [0.2, 0.25) is 0 Å². The maximum Gasteiger partial charge on any atom is 0.260 e. The number of aryl methyl sites for hydroxylation is 1. The van der Waals surface area contributed by atoms with Crippen molar-refractivity contribution in [1.82, 2.24) is 14.3 Å². The van der Waals surface area contributed by atoms with Crippen LogP contribution in [-0.4, -0.2) is 48.9 Å². The fourth-order valence-corrected chi connectivity index (χ4v) is 2.89. The van der Waals surface area contributed by atoms with E-state index < -0.39 is 15.6 Å². The number of imidazole rings is 1. The molecule has 0 saturated heterocycles. The lowest BCUT2D eigenvalue weighted by atomic mass is 10.0. The van der Waals surface area contributed by atoms with Crippen LogP contribution in [0.15, 0.2) is 11.4 Å². The van der Waals surface area contributed by atoms with Gasteiger partial charge in [-0.15, -0.1) is 0 Å². The van der Waals surface area contributed by atoms with E-state index in [1.807, 2.05) is 0 Å². The molecule has 0 spiro atoms. The van der Waals surface area contributed by atoms with Gasteiger partial charge in [-0.05, 0) is 6.92 Å². The molecule has 0 bridgehead atoms. The second-order valence-electron chi connectivity index (χ2n) is 4.61. The molecule has 19 heavy (non-hydrogen) atoms. The Bertz CT molecular complexity index is 504. The molecule has 0 aromatic carbocycles. The average molecular weight is 292 g/mol. The van der Waals surface area contributed by atoms with Crippen LogP contribution in [-0.2, 0) is 21.8 Å². The maximum absolute atomic E-state index is 12.1. The molecule has 1 atom stereocenters. The zero-order chi connectivity index (χ0) is 14.7. The van der Waals surface area contributed by atoms with Crippen molar-refractivity contribution in [3.05, 3.63) is 6.33 Å². The van der Waals surface area contributed by atoms with Gasteiger partial charge in [0.05, 0.1) is 11.9 Å². The number of aromatic nitrogens is 2. The van der Waals surface area contributed by atoms with E-state index >= 15 is 0 Å². The number of rotatable bonds is 7. The van der Waals surface area contributed by atoms with Crippen molar-refractivity contribution < 1.29 is 18.3 Å². The largest absolute Gasteiger partial charge is 0.389 e. The molecule has 0 amide bonds. The van der Waals surface area contributed by atoms with E-state index in [1.165, 1.54) is 32.0 Å². The highest BCUT2D eigenvalue weighted by Crippen LogP contribution is 2.16. The van der Waals surface area contributed by atoms with Gasteiger partial charge in [0.15, 0.2) is 10.8 Å². The third-order valence-electron chi connectivity index (χ3n) is 2.65. The summed E-state index contributed by atoms with van der Waals surface area (Å²) >= 11 is 0. The Morgan fingerprint density at radius 3 is 2.74 bits per heavy atom. The first kappa shape index (κ1) is 15.9. The van der Waals surface area contributed by atoms with Crippen LogP contribution in [0.4, 0.5) is 5.82 Å². The van der Waals surface area contributed by atoms with E-state index in [-0.39, 0.29) is 17.4 Å². The minimum Gasteiger partial charge on any atom is -0.389 e. The van der Waals surface area contributed by atoms with Crippen LogP contribution in [0.1, 0.15) is 13.3 Å². The van der Waals surface area contributed by atoms with Crippen molar-refractivity contribution in [3.63, 3.8) is 0 Å². The number of ether oxygens (including phenoxy) is 1. The van der Waals surface area contributed by atoms with Crippen molar-refractivity contribution in [2.24, 2.45) is 7.05 Å². The van der Waals surface area contributed by atoms with E-state index in [9.17, 15) is 13.5 Å². The van der Waals surface area contributed by atoms with Gasteiger partial charge < -0.3 is 20.1 Å². The lowest BCUT2D eigenvalue weighted by molar-refractivity contribution is 0.0292. The monoisotopic (exact) mass is 292 g/mol. The minimum atomic E-state index is -3.81. The maximum atomic E-state index is 12.1. The molecule has 0 aliphatic rings. The zero-order valence-corrected chi connectivity index (χ0v) is 12.1. The SMILES string of the molecule is COCCC(C)(O)CNS(=O)(=O)c1c(N)ncn1C. The van der Waals surface area contributed by atoms with Gasteiger partial charge in [-0.3, -0.25) is 0 Å². The third-order valence-corrected chi connectivity index (χ3v) is 4.18. The van der Waals surface area contributed by atoms with Crippen LogP contribution in [0, 0.1) is 0 Å². The number of nitrogens with two attached hydrogens (primary N) is 1. The zero-order valence-electron chi connectivity index (χ0n) is 11.3. The highest BCUT2D eigenvalue weighted by Gasteiger charge is 2.27. The van der Waals surface area contributed by atoms with Gasteiger partial charge >= 0.3 is 0 Å². The molecule has 0 aliphatic carbocycles. The van der Waals surface area contributed by atoms with Crippen molar-refractivity contribution in [3.8, 4) is 0 Å². The second kappa shape index (κ2) is 5.87. The Balaban J connectivity index is 2.77. The first-order valence-electron chi connectivity index (χ1n) is 5.67. The molecule has 0 saturated carbocycles. The topological polar surface area (TPSA) is 119 Å². The molecule has 4 N–H and O–H groups in total. The normalized spacial score (nSPS) is 15.4. The molecule has 8 nitrogen and oxygen atoms in total. The summed E-state index contributed by atoms with van der Waals surface area (Å²) < 4.78 is 32.6. The summed E-state index contributed by atoms with van der Waals surface area (Å²) in [6, 6.07) is 0. The van der Waals surface area contributed by atoms with Gasteiger partial charge in [-0.2, -0.15) is 0 Å². The van der Waals surface area contributed by atoms with Gasteiger partial charge in [0.2, 0.25) is 0 Å². The fourth-order valence-electron chi connectivity index (χ4n) is 1.49. The molecular formula is C10H20N4O4S. The summed E-state index contributed by atoms with van der Waals surface area (Å²) in [5.41, 5.74) is 4.32. The molecule has 110 valence electrons. The van der Waals surface area contributed by atoms with Crippen molar-refractivity contribution in [1.29, 1.82) is 0 Å². The summed E-state index contributed by atoms with van der Waals surface area (Å²) in [4.78, 5) is 3.72. The third kappa shape index (κ3) is 4.16. The smallest absolute Gasteiger partial charge is 0.260 e. The number of sulfonamides is 1. The number of aliphatic hydroxyl groups is 1.